The Balaban J connectivity index is 1.49. The molecule has 2 N–H and O–H groups in total. The van der Waals surface area contributed by atoms with Gasteiger partial charge < -0.3 is 25.0 Å². The summed E-state index contributed by atoms with van der Waals surface area (Å²) in [6, 6.07) is 6.38. The molecule has 2 saturated heterocycles. The smallest absolute Gasteiger partial charge is 0.191 e. The van der Waals surface area contributed by atoms with Gasteiger partial charge in [-0.2, -0.15) is 0 Å². The fourth-order valence-electron chi connectivity index (χ4n) is 3.81. The Hall–Kier alpha value is -1.79. The molecule has 0 bridgehead atoms. The molecule has 1 unspecified atom stereocenters. The van der Waals surface area contributed by atoms with Crippen molar-refractivity contribution in [1.82, 2.24) is 15.5 Å². The lowest BCUT2D eigenvalue weighted by Gasteiger charge is -2.29. The number of nitrogens with zero attached hydrogens (tertiary/aromatic N) is 2. The van der Waals surface area contributed by atoms with Crippen LogP contribution in [-0.4, -0.2) is 63.9 Å². The van der Waals surface area contributed by atoms with E-state index in [1.165, 1.54) is 31.5 Å². The van der Waals surface area contributed by atoms with Gasteiger partial charge in [-0.25, -0.2) is 0 Å². The van der Waals surface area contributed by atoms with Gasteiger partial charge in [0.15, 0.2) is 5.96 Å². The molecule has 0 spiro atoms. The number of ether oxygens (including phenoxy) is 2. The van der Waals surface area contributed by atoms with Crippen molar-refractivity contribution in [1.29, 1.82) is 0 Å². The van der Waals surface area contributed by atoms with E-state index in [9.17, 15) is 0 Å². The van der Waals surface area contributed by atoms with E-state index in [1.54, 1.807) is 0 Å². The van der Waals surface area contributed by atoms with E-state index in [4.69, 9.17) is 9.47 Å². The molecule has 156 valence electrons. The van der Waals surface area contributed by atoms with Crippen LogP contribution in [0.4, 0.5) is 0 Å². The molecule has 28 heavy (non-hydrogen) atoms. The van der Waals surface area contributed by atoms with E-state index in [1.807, 2.05) is 7.05 Å². The topological polar surface area (TPSA) is 58.1 Å². The second-order valence-corrected chi connectivity index (χ2v) is 8.11. The highest BCUT2D eigenvalue weighted by molar-refractivity contribution is 5.79. The summed E-state index contributed by atoms with van der Waals surface area (Å²) < 4.78 is 11.8. The third-order valence-electron chi connectivity index (χ3n) is 5.74. The summed E-state index contributed by atoms with van der Waals surface area (Å²) in [4.78, 5) is 6.78. The minimum absolute atomic E-state index is 0.227. The van der Waals surface area contributed by atoms with Gasteiger partial charge in [0.25, 0.3) is 0 Å². The number of hydrogen-bond donors (Lipinski definition) is 2. The molecule has 2 aliphatic heterocycles. The van der Waals surface area contributed by atoms with Gasteiger partial charge in [0.2, 0.25) is 0 Å². The van der Waals surface area contributed by atoms with Crippen LogP contribution in [0.2, 0.25) is 0 Å². The van der Waals surface area contributed by atoms with E-state index in [-0.39, 0.29) is 6.10 Å². The molecule has 1 aromatic carbocycles. The molecule has 0 amide bonds. The van der Waals surface area contributed by atoms with Crippen LogP contribution in [-0.2, 0) is 11.3 Å². The predicted octanol–water partition coefficient (Wildman–Crippen LogP) is 2.56. The second kappa shape index (κ2) is 10.7. The minimum Gasteiger partial charge on any atom is -0.491 e. The fourth-order valence-corrected chi connectivity index (χ4v) is 3.81. The first-order valence-electron chi connectivity index (χ1n) is 10.6. The Morgan fingerprint density at radius 2 is 2.07 bits per heavy atom. The first-order chi connectivity index (χ1) is 13.6. The SMILES string of the molecule is CN=C(NCc1ccc(C)cc1OCC1CCCO1)NCC1CCN(C)CC1. The molecule has 6 heteroatoms. The van der Waals surface area contributed by atoms with Crippen LogP contribution in [0.5, 0.6) is 5.75 Å². The molecular formula is C22H36N4O2. The van der Waals surface area contributed by atoms with Crippen molar-refractivity contribution in [2.24, 2.45) is 10.9 Å². The first-order valence-corrected chi connectivity index (χ1v) is 10.6. The number of nitrogens with one attached hydrogen (secondary N) is 2. The number of hydrogen-bond acceptors (Lipinski definition) is 4. The molecule has 2 fully saturated rings. The third kappa shape index (κ3) is 6.38. The highest BCUT2D eigenvalue weighted by Crippen LogP contribution is 2.22. The lowest BCUT2D eigenvalue weighted by Crippen LogP contribution is -2.42. The van der Waals surface area contributed by atoms with Crippen molar-refractivity contribution in [2.75, 3.05) is 46.9 Å². The van der Waals surface area contributed by atoms with Crippen LogP contribution in [0.25, 0.3) is 0 Å². The third-order valence-corrected chi connectivity index (χ3v) is 5.74. The van der Waals surface area contributed by atoms with Gasteiger partial charge in [-0.05, 0) is 70.3 Å². The van der Waals surface area contributed by atoms with Gasteiger partial charge in [-0.3, -0.25) is 4.99 Å². The monoisotopic (exact) mass is 388 g/mol. The molecule has 1 atom stereocenters. The average molecular weight is 389 g/mol. The maximum Gasteiger partial charge on any atom is 0.191 e. The zero-order valence-corrected chi connectivity index (χ0v) is 17.7. The molecule has 2 heterocycles. The summed E-state index contributed by atoms with van der Waals surface area (Å²) in [6.07, 6.45) is 4.95. The molecular weight excluding hydrogens is 352 g/mol. The van der Waals surface area contributed by atoms with Crippen molar-refractivity contribution in [3.63, 3.8) is 0 Å². The van der Waals surface area contributed by atoms with Crippen LogP contribution < -0.4 is 15.4 Å². The van der Waals surface area contributed by atoms with Crippen LogP contribution in [0, 0.1) is 12.8 Å². The van der Waals surface area contributed by atoms with Gasteiger partial charge in [-0.15, -0.1) is 0 Å². The average Bonchev–Trinajstić information content (AvgIpc) is 3.22. The molecule has 0 saturated carbocycles. The quantitative estimate of drug-likeness (QED) is 0.555. The number of guanidine groups is 1. The van der Waals surface area contributed by atoms with Crippen molar-refractivity contribution in [3.8, 4) is 5.75 Å². The molecule has 6 nitrogen and oxygen atoms in total. The number of likely N-dealkylation sites (tertiary alicyclic amines) is 1. The zero-order chi connectivity index (χ0) is 19.8. The maximum absolute atomic E-state index is 6.10. The van der Waals surface area contributed by atoms with Crippen LogP contribution in [0.15, 0.2) is 23.2 Å². The highest BCUT2D eigenvalue weighted by Gasteiger charge is 2.18. The van der Waals surface area contributed by atoms with E-state index in [2.05, 4.69) is 52.7 Å². The molecule has 0 aromatic heterocycles. The van der Waals surface area contributed by atoms with Gasteiger partial charge in [0.1, 0.15) is 12.4 Å². The standard InChI is InChI=1S/C22H36N4O2/c1-17-6-7-19(21(13-17)28-16-20-5-4-12-27-20)15-25-22(23-2)24-14-18-8-10-26(3)11-9-18/h6-7,13,18,20H,4-5,8-12,14-16H2,1-3H3,(H2,23,24,25). The molecule has 2 aliphatic rings. The molecule has 0 radical (unpaired) electrons. The first kappa shape index (κ1) is 20.9. The van der Waals surface area contributed by atoms with E-state index in [0.717, 1.165) is 49.2 Å². The van der Waals surface area contributed by atoms with Crippen molar-refractivity contribution < 1.29 is 9.47 Å². The summed E-state index contributed by atoms with van der Waals surface area (Å²) >= 11 is 0. The number of piperidine rings is 1. The Morgan fingerprint density at radius 3 is 2.79 bits per heavy atom. The summed E-state index contributed by atoms with van der Waals surface area (Å²) in [6.45, 7) is 7.62. The number of benzene rings is 1. The Bertz CT molecular complexity index is 635. The van der Waals surface area contributed by atoms with Gasteiger partial charge in [0, 0.05) is 32.3 Å². The van der Waals surface area contributed by atoms with Gasteiger partial charge in [-0.1, -0.05) is 12.1 Å². The molecule has 0 aliphatic carbocycles. The Labute approximate surface area is 169 Å². The maximum atomic E-state index is 6.10. The predicted molar refractivity (Wildman–Crippen MR) is 114 cm³/mol. The number of rotatable bonds is 7. The van der Waals surface area contributed by atoms with E-state index < -0.39 is 0 Å². The van der Waals surface area contributed by atoms with E-state index in [0.29, 0.717) is 13.2 Å². The van der Waals surface area contributed by atoms with Crippen molar-refractivity contribution in [3.05, 3.63) is 29.3 Å². The van der Waals surface area contributed by atoms with Gasteiger partial charge >= 0.3 is 0 Å². The Kier molecular flexibility index (Phi) is 7.98. The fraction of sp³-hybridized carbons (Fsp3) is 0.682. The normalized spacial score (nSPS) is 21.7. The summed E-state index contributed by atoms with van der Waals surface area (Å²) in [7, 11) is 4.03. The van der Waals surface area contributed by atoms with Crippen molar-refractivity contribution in [2.45, 2.75) is 45.3 Å². The van der Waals surface area contributed by atoms with Gasteiger partial charge in [0.05, 0.1) is 6.10 Å². The van der Waals surface area contributed by atoms with Crippen LogP contribution in [0.1, 0.15) is 36.8 Å². The summed E-state index contributed by atoms with van der Waals surface area (Å²) in [5, 5.41) is 6.93. The molecule has 1 aromatic rings. The molecule has 3 rings (SSSR count). The largest absolute Gasteiger partial charge is 0.491 e. The zero-order valence-electron chi connectivity index (χ0n) is 17.7. The summed E-state index contributed by atoms with van der Waals surface area (Å²) in [5.74, 6) is 2.51. The van der Waals surface area contributed by atoms with Crippen LogP contribution >= 0.6 is 0 Å². The number of aryl methyl sites for hydroxylation is 1. The lowest BCUT2D eigenvalue weighted by molar-refractivity contribution is 0.0676. The summed E-state index contributed by atoms with van der Waals surface area (Å²) in [5.41, 5.74) is 2.35. The van der Waals surface area contributed by atoms with Crippen molar-refractivity contribution >= 4 is 5.96 Å². The number of aliphatic imine (C=N–C) groups is 1. The minimum atomic E-state index is 0.227. The Morgan fingerprint density at radius 1 is 1.25 bits per heavy atom. The van der Waals surface area contributed by atoms with E-state index >= 15 is 0 Å². The van der Waals surface area contributed by atoms with Crippen LogP contribution in [0.3, 0.4) is 0 Å². The second-order valence-electron chi connectivity index (χ2n) is 8.11. The lowest BCUT2D eigenvalue weighted by atomic mass is 9.97. The highest BCUT2D eigenvalue weighted by atomic mass is 16.5.